The van der Waals surface area contributed by atoms with Gasteiger partial charge in [0.05, 0.1) is 3.57 Å². The van der Waals surface area contributed by atoms with Crippen LogP contribution in [0.4, 0.5) is 0 Å². The van der Waals surface area contributed by atoms with Crippen LogP contribution in [0.5, 0.6) is 0 Å². The smallest absolute Gasteiger partial charge is 0.146 e. The molecule has 2 rings (SSSR count). The Balaban J connectivity index is 2.28. The fourth-order valence-electron chi connectivity index (χ4n) is 1.82. The summed E-state index contributed by atoms with van der Waals surface area (Å²) in [7, 11) is 0. The van der Waals surface area contributed by atoms with Crippen molar-refractivity contribution in [2.24, 2.45) is 0 Å². The van der Waals surface area contributed by atoms with Crippen LogP contribution in [-0.2, 0) is 6.42 Å². The van der Waals surface area contributed by atoms with Crippen molar-refractivity contribution >= 4 is 34.2 Å². The first-order chi connectivity index (χ1) is 8.04. The van der Waals surface area contributed by atoms with Crippen molar-refractivity contribution in [1.82, 2.24) is 9.97 Å². The van der Waals surface area contributed by atoms with Gasteiger partial charge in [-0.05, 0) is 42.0 Å². The molecular formula is C13H12ClIN2. The molecule has 0 aliphatic heterocycles. The van der Waals surface area contributed by atoms with Crippen LogP contribution in [0.3, 0.4) is 0 Å². The average molecular weight is 359 g/mol. The molecule has 0 unspecified atom stereocenters. The minimum Gasteiger partial charge on any atom is -0.240 e. The lowest BCUT2D eigenvalue weighted by atomic mass is 10.0. The van der Waals surface area contributed by atoms with Crippen LogP contribution in [0.15, 0.2) is 24.4 Å². The van der Waals surface area contributed by atoms with E-state index in [9.17, 15) is 0 Å². The number of nitrogens with zero attached hydrogens (tertiary/aromatic N) is 2. The molecule has 1 aromatic carbocycles. The molecule has 0 spiro atoms. The summed E-state index contributed by atoms with van der Waals surface area (Å²) in [6.45, 7) is 4.19. The molecule has 0 radical (unpaired) electrons. The highest BCUT2D eigenvalue weighted by Crippen LogP contribution is 2.16. The quantitative estimate of drug-likeness (QED) is 0.600. The van der Waals surface area contributed by atoms with E-state index in [1.54, 1.807) is 6.20 Å². The second-order valence-electron chi connectivity index (χ2n) is 4.10. The molecular weight excluding hydrogens is 347 g/mol. The number of hydrogen-bond acceptors (Lipinski definition) is 2. The molecule has 0 bridgehead atoms. The van der Waals surface area contributed by atoms with Crippen LogP contribution in [-0.4, -0.2) is 9.97 Å². The molecule has 0 fully saturated rings. The zero-order valence-corrected chi connectivity index (χ0v) is 12.6. The third kappa shape index (κ3) is 3.39. The van der Waals surface area contributed by atoms with Gasteiger partial charge in [0.25, 0.3) is 0 Å². The summed E-state index contributed by atoms with van der Waals surface area (Å²) < 4.78 is 0.883. The standard InChI is InChI=1S/C13H12ClIN2/c1-8-3-9(2)5-10(4-8)6-12-16-7-11(15)13(14)17-12/h3-5,7H,6H2,1-2H3. The summed E-state index contributed by atoms with van der Waals surface area (Å²) in [6.07, 6.45) is 2.48. The number of aromatic nitrogens is 2. The maximum Gasteiger partial charge on any atom is 0.146 e. The van der Waals surface area contributed by atoms with E-state index in [0.29, 0.717) is 5.15 Å². The molecule has 0 aliphatic rings. The maximum atomic E-state index is 5.98. The summed E-state index contributed by atoms with van der Waals surface area (Å²) in [6, 6.07) is 6.47. The van der Waals surface area contributed by atoms with E-state index in [4.69, 9.17) is 11.6 Å². The van der Waals surface area contributed by atoms with Gasteiger partial charge in [0, 0.05) is 12.6 Å². The lowest BCUT2D eigenvalue weighted by Gasteiger charge is -2.05. The zero-order valence-electron chi connectivity index (χ0n) is 9.67. The van der Waals surface area contributed by atoms with Crippen molar-refractivity contribution in [2.45, 2.75) is 20.3 Å². The predicted molar refractivity (Wildman–Crippen MR) is 78.5 cm³/mol. The molecule has 17 heavy (non-hydrogen) atoms. The van der Waals surface area contributed by atoms with Gasteiger partial charge in [-0.1, -0.05) is 40.9 Å². The van der Waals surface area contributed by atoms with Crippen LogP contribution in [0.1, 0.15) is 22.5 Å². The Bertz CT molecular complexity index is 535. The average Bonchev–Trinajstić information content (AvgIpc) is 2.22. The Morgan fingerprint density at radius 3 is 2.41 bits per heavy atom. The fourth-order valence-corrected chi connectivity index (χ4v) is 2.23. The molecule has 88 valence electrons. The van der Waals surface area contributed by atoms with Crippen molar-refractivity contribution in [1.29, 1.82) is 0 Å². The normalized spacial score (nSPS) is 10.6. The first-order valence-electron chi connectivity index (χ1n) is 5.28. The fraction of sp³-hybridized carbons (Fsp3) is 0.231. The maximum absolute atomic E-state index is 5.98. The van der Waals surface area contributed by atoms with Crippen molar-refractivity contribution < 1.29 is 0 Å². The van der Waals surface area contributed by atoms with Crippen LogP contribution in [0.2, 0.25) is 5.15 Å². The van der Waals surface area contributed by atoms with Gasteiger partial charge in [-0.25, -0.2) is 9.97 Å². The molecule has 1 aromatic heterocycles. The lowest BCUT2D eigenvalue weighted by Crippen LogP contribution is -1.98. The van der Waals surface area contributed by atoms with Gasteiger partial charge >= 0.3 is 0 Å². The van der Waals surface area contributed by atoms with Gasteiger partial charge in [0.15, 0.2) is 0 Å². The minimum absolute atomic E-state index is 0.528. The molecule has 0 aliphatic carbocycles. The number of rotatable bonds is 2. The Morgan fingerprint density at radius 1 is 1.18 bits per heavy atom. The zero-order chi connectivity index (χ0) is 12.4. The van der Waals surface area contributed by atoms with Crippen molar-refractivity contribution in [3.63, 3.8) is 0 Å². The summed E-state index contributed by atoms with van der Waals surface area (Å²) in [5.74, 6) is 0.764. The summed E-state index contributed by atoms with van der Waals surface area (Å²) in [5.41, 5.74) is 3.74. The van der Waals surface area contributed by atoms with Gasteiger partial charge < -0.3 is 0 Å². The molecule has 0 saturated carbocycles. The monoisotopic (exact) mass is 358 g/mol. The largest absolute Gasteiger partial charge is 0.240 e. The lowest BCUT2D eigenvalue weighted by molar-refractivity contribution is 0.958. The predicted octanol–water partition coefficient (Wildman–Crippen LogP) is 3.94. The first-order valence-corrected chi connectivity index (χ1v) is 6.74. The van der Waals surface area contributed by atoms with Crippen LogP contribution >= 0.6 is 34.2 Å². The van der Waals surface area contributed by atoms with E-state index in [2.05, 4.69) is 64.6 Å². The van der Waals surface area contributed by atoms with E-state index >= 15 is 0 Å². The number of hydrogen-bond donors (Lipinski definition) is 0. The third-order valence-electron chi connectivity index (χ3n) is 2.39. The van der Waals surface area contributed by atoms with Crippen LogP contribution in [0, 0.1) is 17.4 Å². The molecule has 0 N–H and O–H groups in total. The minimum atomic E-state index is 0.528. The highest BCUT2D eigenvalue weighted by atomic mass is 127. The van der Waals surface area contributed by atoms with Crippen molar-refractivity contribution in [2.75, 3.05) is 0 Å². The van der Waals surface area contributed by atoms with Gasteiger partial charge in [0.2, 0.25) is 0 Å². The van der Waals surface area contributed by atoms with Gasteiger partial charge in [-0.3, -0.25) is 0 Å². The summed E-state index contributed by atoms with van der Waals surface area (Å²) in [5, 5.41) is 0.528. The Morgan fingerprint density at radius 2 is 1.82 bits per heavy atom. The molecule has 0 saturated heterocycles. The Labute approximate surface area is 120 Å². The molecule has 2 nitrogen and oxygen atoms in total. The van der Waals surface area contributed by atoms with E-state index in [1.165, 1.54) is 16.7 Å². The van der Waals surface area contributed by atoms with Crippen molar-refractivity contribution in [3.05, 3.63) is 55.6 Å². The van der Waals surface area contributed by atoms with E-state index < -0.39 is 0 Å². The number of aryl methyl sites for hydroxylation is 2. The highest BCUT2D eigenvalue weighted by Gasteiger charge is 2.04. The van der Waals surface area contributed by atoms with Gasteiger partial charge in [0.1, 0.15) is 11.0 Å². The molecule has 0 amide bonds. The van der Waals surface area contributed by atoms with E-state index in [0.717, 1.165) is 15.8 Å². The van der Waals surface area contributed by atoms with Crippen molar-refractivity contribution in [3.8, 4) is 0 Å². The van der Waals surface area contributed by atoms with E-state index in [1.807, 2.05) is 0 Å². The molecule has 1 heterocycles. The topological polar surface area (TPSA) is 25.8 Å². The Kier molecular flexibility index (Phi) is 3.99. The molecule has 2 aromatic rings. The van der Waals surface area contributed by atoms with Gasteiger partial charge in [-0.2, -0.15) is 0 Å². The summed E-state index contributed by atoms with van der Waals surface area (Å²) >= 11 is 8.11. The van der Waals surface area contributed by atoms with Crippen LogP contribution in [0.25, 0.3) is 0 Å². The first kappa shape index (κ1) is 12.8. The van der Waals surface area contributed by atoms with Gasteiger partial charge in [-0.15, -0.1) is 0 Å². The second kappa shape index (κ2) is 5.31. The summed E-state index contributed by atoms with van der Waals surface area (Å²) in [4.78, 5) is 8.56. The van der Waals surface area contributed by atoms with E-state index in [-0.39, 0.29) is 0 Å². The van der Waals surface area contributed by atoms with Crippen LogP contribution < -0.4 is 0 Å². The second-order valence-corrected chi connectivity index (χ2v) is 5.62. The molecule has 4 heteroatoms. The molecule has 0 atom stereocenters. The number of halogens is 2. The SMILES string of the molecule is Cc1cc(C)cc(Cc2ncc(I)c(Cl)n2)c1. The Hall–Kier alpha value is -0.680. The number of benzene rings is 1. The third-order valence-corrected chi connectivity index (χ3v) is 3.79. The highest BCUT2D eigenvalue weighted by molar-refractivity contribution is 14.1.